The molecule has 44 valence electrons. The molecule has 0 bridgehead atoms. The van der Waals surface area contributed by atoms with Gasteiger partial charge in [0, 0.05) is 7.05 Å². The highest BCUT2D eigenvalue weighted by Crippen LogP contribution is 2.03. The van der Waals surface area contributed by atoms with E-state index >= 15 is 0 Å². The van der Waals surface area contributed by atoms with Crippen LogP contribution < -0.4 is 5.32 Å². The maximum atomic E-state index is 4.89. The summed E-state index contributed by atoms with van der Waals surface area (Å²) in [5.74, 6) is 0. The summed E-state index contributed by atoms with van der Waals surface area (Å²) in [6.07, 6.45) is 1.60. The number of anilines is 1. The Balaban J connectivity index is 2.84. The Labute approximate surface area is 47.7 Å². The van der Waals surface area contributed by atoms with Gasteiger partial charge >= 0.3 is 0 Å². The van der Waals surface area contributed by atoms with E-state index < -0.39 is 0 Å². The van der Waals surface area contributed by atoms with Crippen LogP contribution in [0, 0.1) is 6.92 Å². The van der Waals surface area contributed by atoms with Gasteiger partial charge in [-0.2, -0.15) is 4.98 Å². The molecule has 0 atom stereocenters. The summed E-state index contributed by atoms with van der Waals surface area (Å²) in [5.41, 5.74) is 0.898. The predicted molar refractivity (Wildman–Crippen MR) is 30.8 cm³/mol. The molecular weight excluding hydrogens is 104 g/mol. The van der Waals surface area contributed by atoms with Crippen LogP contribution in [0.2, 0.25) is 0 Å². The number of nitrogens with zero attached hydrogens (tertiary/aromatic N) is 1. The van der Waals surface area contributed by atoms with Crippen molar-refractivity contribution in [1.82, 2.24) is 4.98 Å². The lowest BCUT2D eigenvalue weighted by Crippen LogP contribution is -1.85. The largest absolute Gasteiger partial charge is 0.432 e. The van der Waals surface area contributed by atoms with Crippen LogP contribution in [0.5, 0.6) is 0 Å². The van der Waals surface area contributed by atoms with Crippen LogP contribution in [0.4, 0.5) is 6.01 Å². The number of hydrogen-bond acceptors (Lipinski definition) is 3. The van der Waals surface area contributed by atoms with E-state index in [4.69, 9.17) is 4.42 Å². The van der Waals surface area contributed by atoms with Gasteiger partial charge in [0.05, 0.1) is 5.69 Å². The van der Waals surface area contributed by atoms with Crippen LogP contribution in [0.15, 0.2) is 10.7 Å². The highest BCUT2D eigenvalue weighted by Gasteiger charge is 1.92. The van der Waals surface area contributed by atoms with Gasteiger partial charge in [0.1, 0.15) is 6.26 Å². The maximum Gasteiger partial charge on any atom is 0.294 e. The molecule has 1 aromatic rings. The van der Waals surface area contributed by atoms with E-state index in [1.807, 2.05) is 6.92 Å². The topological polar surface area (TPSA) is 38.1 Å². The zero-order valence-electron chi connectivity index (χ0n) is 4.93. The molecule has 0 fully saturated rings. The maximum absolute atomic E-state index is 4.89. The standard InChI is InChI=1S/C5H8N2O/c1-4-3-8-5(6-2)7-4/h3H,1-2H3,(H,6,7). The van der Waals surface area contributed by atoms with E-state index in [1.54, 1.807) is 13.3 Å². The summed E-state index contributed by atoms with van der Waals surface area (Å²) < 4.78 is 4.89. The van der Waals surface area contributed by atoms with Crippen molar-refractivity contribution in [2.45, 2.75) is 6.92 Å². The molecule has 1 heterocycles. The van der Waals surface area contributed by atoms with Crippen molar-refractivity contribution in [2.75, 3.05) is 12.4 Å². The summed E-state index contributed by atoms with van der Waals surface area (Å²) >= 11 is 0. The Kier molecular flexibility index (Phi) is 1.20. The van der Waals surface area contributed by atoms with Crippen LogP contribution in [-0.2, 0) is 0 Å². The molecule has 0 saturated heterocycles. The number of rotatable bonds is 1. The molecule has 3 nitrogen and oxygen atoms in total. The minimum atomic E-state index is 0.572. The Morgan fingerprint density at radius 3 is 2.75 bits per heavy atom. The van der Waals surface area contributed by atoms with Crippen LogP contribution >= 0.6 is 0 Å². The lowest BCUT2D eigenvalue weighted by Gasteiger charge is -1.83. The van der Waals surface area contributed by atoms with E-state index in [0.29, 0.717) is 6.01 Å². The Morgan fingerprint density at radius 2 is 2.50 bits per heavy atom. The van der Waals surface area contributed by atoms with Gasteiger partial charge in [-0.3, -0.25) is 0 Å². The molecule has 1 N–H and O–H groups in total. The summed E-state index contributed by atoms with van der Waals surface area (Å²) in [6, 6.07) is 0.572. The van der Waals surface area contributed by atoms with E-state index in [2.05, 4.69) is 10.3 Å². The molecule has 0 aliphatic rings. The molecular formula is C5H8N2O. The average molecular weight is 112 g/mol. The van der Waals surface area contributed by atoms with Crippen molar-refractivity contribution in [1.29, 1.82) is 0 Å². The molecule has 0 unspecified atom stereocenters. The second-order valence-electron chi connectivity index (χ2n) is 1.54. The van der Waals surface area contributed by atoms with Crippen LogP contribution in [0.25, 0.3) is 0 Å². The molecule has 0 aliphatic carbocycles. The van der Waals surface area contributed by atoms with Gasteiger partial charge in [0.2, 0.25) is 0 Å². The first-order valence-electron chi connectivity index (χ1n) is 2.43. The van der Waals surface area contributed by atoms with E-state index in [1.165, 1.54) is 0 Å². The van der Waals surface area contributed by atoms with Crippen molar-refractivity contribution in [2.24, 2.45) is 0 Å². The Morgan fingerprint density at radius 1 is 1.75 bits per heavy atom. The summed E-state index contributed by atoms with van der Waals surface area (Å²) in [5, 5.41) is 2.77. The van der Waals surface area contributed by atoms with E-state index in [9.17, 15) is 0 Å². The SMILES string of the molecule is CNc1nc(C)co1. The Bertz CT molecular complexity index is 171. The number of aromatic nitrogens is 1. The van der Waals surface area contributed by atoms with Crippen molar-refractivity contribution in [3.05, 3.63) is 12.0 Å². The second kappa shape index (κ2) is 1.86. The molecule has 0 amide bonds. The first kappa shape index (κ1) is 5.15. The third-order valence-corrected chi connectivity index (χ3v) is 0.833. The quantitative estimate of drug-likeness (QED) is 0.589. The van der Waals surface area contributed by atoms with Gasteiger partial charge in [0.15, 0.2) is 0 Å². The number of oxazole rings is 1. The number of aryl methyl sites for hydroxylation is 1. The van der Waals surface area contributed by atoms with Crippen LogP contribution in [-0.4, -0.2) is 12.0 Å². The fourth-order valence-electron chi connectivity index (χ4n) is 0.469. The normalized spacial score (nSPS) is 9.25. The molecule has 3 heteroatoms. The fourth-order valence-corrected chi connectivity index (χ4v) is 0.469. The molecule has 0 saturated carbocycles. The third-order valence-electron chi connectivity index (χ3n) is 0.833. The van der Waals surface area contributed by atoms with Gasteiger partial charge in [-0.1, -0.05) is 0 Å². The van der Waals surface area contributed by atoms with Crippen molar-refractivity contribution < 1.29 is 4.42 Å². The average Bonchev–Trinajstić information content (AvgIpc) is 2.14. The lowest BCUT2D eigenvalue weighted by molar-refractivity contribution is 0.574. The molecule has 1 aromatic heterocycles. The van der Waals surface area contributed by atoms with Crippen molar-refractivity contribution >= 4 is 6.01 Å². The minimum absolute atomic E-state index is 0.572. The zero-order chi connectivity index (χ0) is 5.98. The number of hydrogen-bond donors (Lipinski definition) is 1. The minimum Gasteiger partial charge on any atom is -0.432 e. The van der Waals surface area contributed by atoms with Crippen LogP contribution in [0.1, 0.15) is 5.69 Å². The Hall–Kier alpha value is -0.990. The summed E-state index contributed by atoms with van der Waals surface area (Å²) in [6.45, 7) is 1.88. The van der Waals surface area contributed by atoms with Gasteiger partial charge in [-0.05, 0) is 6.92 Å². The van der Waals surface area contributed by atoms with Gasteiger partial charge in [-0.25, -0.2) is 0 Å². The van der Waals surface area contributed by atoms with E-state index in [0.717, 1.165) is 5.69 Å². The van der Waals surface area contributed by atoms with E-state index in [-0.39, 0.29) is 0 Å². The van der Waals surface area contributed by atoms with Gasteiger partial charge < -0.3 is 9.73 Å². The zero-order valence-corrected chi connectivity index (χ0v) is 4.93. The molecule has 1 rings (SSSR count). The molecule has 0 radical (unpaired) electrons. The third kappa shape index (κ3) is 0.804. The fraction of sp³-hybridized carbons (Fsp3) is 0.400. The van der Waals surface area contributed by atoms with Gasteiger partial charge in [-0.15, -0.1) is 0 Å². The highest BCUT2D eigenvalue weighted by atomic mass is 16.4. The second-order valence-corrected chi connectivity index (χ2v) is 1.54. The first-order valence-corrected chi connectivity index (χ1v) is 2.43. The molecule has 0 spiro atoms. The van der Waals surface area contributed by atoms with Crippen molar-refractivity contribution in [3.8, 4) is 0 Å². The van der Waals surface area contributed by atoms with Crippen LogP contribution in [0.3, 0.4) is 0 Å². The summed E-state index contributed by atoms with van der Waals surface area (Å²) in [4.78, 5) is 3.95. The lowest BCUT2D eigenvalue weighted by atomic mass is 10.6. The number of nitrogens with one attached hydrogen (secondary N) is 1. The smallest absolute Gasteiger partial charge is 0.294 e. The highest BCUT2D eigenvalue weighted by molar-refractivity contribution is 5.18. The monoisotopic (exact) mass is 112 g/mol. The first-order chi connectivity index (χ1) is 3.83. The van der Waals surface area contributed by atoms with Crippen molar-refractivity contribution in [3.63, 3.8) is 0 Å². The summed E-state index contributed by atoms with van der Waals surface area (Å²) in [7, 11) is 1.77. The predicted octanol–water partition coefficient (Wildman–Crippen LogP) is 1.02. The molecule has 8 heavy (non-hydrogen) atoms. The van der Waals surface area contributed by atoms with Gasteiger partial charge in [0.25, 0.3) is 6.01 Å². The molecule has 0 aliphatic heterocycles. The molecule has 0 aromatic carbocycles.